The molecule has 1 heterocycles. The summed E-state index contributed by atoms with van der Waals surface area (Å²) in [6.45, 7) is 4.01. The number of rotatable bonds is 6. The molecule has 1 rings (SSSR count). The van der Waals surface area contributed by atoms with Crippen LogP contribution < -0.4 is 9.80 Å². The first-order chi connectivity index (χ1) is 8.04. The van der Waals surface area contributed by atoms with E-state index in [4.69, 9.17) is 16.3 Å². The van der Waals surface area contributed by atoms with Crippen LogP contribution in [0.5, 0.6) is 0 Å². The number of anilines is 2. The van der Waals surface area contributed by atoms with Gasteiger partial charge in [-0.1, -0.05) is 0 Å². The second-order valence-electron chi connectivity index (χ2n) is 3.72. The monoisotopic (exact) mass is 259 g/mol. The Kier molecular flexibility index (Phi) is 5.37. The summed E-state index contributed by atoms with van der Waals surface area (Å²) in [5.74, 6) is 1.09. The second-order valence-corrected chi connectivity index (χ2v) is 4.06. The fourth-order valence-electron chi connectivity index (χ4n) is 1.15. The highest BCUT2D eigenvalue weighted by atomic mass is 35.5. The van der Waals surface area contributed by atoms with Crippen molar-refractivity contribution >= 4 is 23.5 Å². The highest BCUT2D eigenvalue weighted by molar-refractivity contribution is 6.28. The third kappa shape index (κ3) is 4.32. The van der Waals surface area contributed by atoms with Crippen LogP contribution in [0.15, 0.2) is 0 Å². The summed E-state index contributed by atoms with van der Waals surface area (Å²) >= 11 is 5.85. The zero-order valence-electron chi connectivity index (χ0n) is 10.6. The van der Waals surface area contributed by atoms with Crippen molar-refractivity contribution in [1.29, 1.82) is 0 Å². The molecule has 0 bridgehead atoms. The summed E-state index contributed by atoms with van der Waals surface area (Å²) in [6.07, 6.45) is 0. The minimum absolute atomic E-state index is 0.196. The number of likely N-dealkylation sites (N-methyl/N-ethyl adjacent to an activating group) is 1. The Hall–Kier alpha value is -1.14. The van der Waals surface area contributed by atoms with Crippen molar-refractivity contribution in [1.82, 2.24) is 15.0 Å². The largest absolute Gasteiger partial charge is 0.380 e. The summed E-state index contributed by atoms with van der Waals surface area (Å²) < 4.78 is 5.28. The summed E-state index contributed by atoms with van der Waals surface area (Å²) in [5.41, 5.74) is 0. The lowest BCUT2D eigenvalue weighted by Crippen LogP contribution is -2.26. The first-order valence-corrected chi connectivity index (χ1v) is 5.80. The Bertz CT molecular complexity index is 361. The molecule has 1 aromatic heterocycles. The summed E-state index contributed by atoms with van der Waals surface area (Å²) in [4.78, 5) is 16.1. The van der Waals surface area contributed by atoms with Crippen molar-refractivity contribution < 1.29 is 4.74 Å². The average molecular weight is 260 g/mol. The minimum atomic E-state index is 0.196. The molecule has 96 valence electrons. The van der Waals surface area contributed by atoms with Gasteiger partial charge in [-0.25, -0.2) is 0 Å². The van der Waals surface area contributed by atoms with Gasteiger partial charge in [-0.3, -0.25) is 0 Å². The van der Waals surface area contributed by atoms with Gasteiger partial charge in [-0.2, -0.15) is 15.0 Å². The number of halogens is 1. The molecule has 0 aromatic carbocycles. The van der Waals surface area contributed by atoms with E-state index in [0.29, 0.717) is 31.7 Å². The normalized spacial score (nSPS) is 10.4. The topological polar surface area (TPSA) is 54.4 Å². The molecule has 0 N–H and O–H groups in total. The fourth-order valence-corrected chi connectivity index (χ4v) is 1.30. The van der Waals surface area contributed by atoms with Gasteiger partial charge in [-0.05, 0) is 18.5 Å². The molecule has 0 saturated carbocycles. The highest BCUT2D eigenvalue weighted by Crippen LogP contribution is 2.13. The molecule has 0 atom stereocenters. The molecule has 0 unspecified atom stereocenters. The molecule has 7 heteroatoms. The van der Waals surface area contributed by atoms with Gasteiger partial charge >= 0.3 is 0 Å². The summed E-state index contributed by atoms with van der Waals surface area (Å²) in [6, 6.07) is 0. The van der Waals surface area contributed by atoms with Crippen LogP contribution in [0, 0.1) is 0 Å². The van der Waals surface area contributed by atoms with E-state index in [1.807, 2.05) is 33.0 Å². The van der Waals surface area contributed by atoms with Crippen LogP contribution in [0.3, 0.4) is 0 Å². The predicted molar refractivity (Wildman–Crippen MR) is 68.9 cm³/mol. The van der Waals surface area contributed by atoms with Crippen LogP contribution in [0.1, 0.15) is 6.92 Å². The van der Waals surface area contributed by atoms with Crippen molar-refractivity contribution in [3.8, 4) is 0 Å². The van der Waals surface area contributed by atoms with Gasteiger partial charge in [0.25, 0.3) is 0 Å². The Morgan fingerprint density at radius 3 is 2.35 bits per heavy atom. The van der Waals surface area contributed by atoms with Crippen LogP contribution in [0.25, 0.3) is 0 Å². The third-order valence-electron chi connectivity index (χ3n) is 2.10. The first-order valence-electron chi connectivity index (χ1n) is 5.42. The zero-order valence-corrected chi connectivity index (χ0v) is 11.4. The third-order valence-corrected chi connectivity index (χ3v) is 2.27. The maximum Gasteiger partial charge on any atom is 0.231 e. The molecule has 0 aliphatic carbocycles. The maximum absolute atomic E-state index is 5.85. The van der Waals surface area contributed by atoms with Crippen molar-refractivity contribution in [2.24, 2.45) is 0 Å². The van der Waals surface area contributed by atoms with Gasteiger partial charge in [0.15, 0.2) is 0 Å². The lowest BCUT2D eigenvalue weighted by atomic mass is 10.6. The van der Waals surface area contributed by atoms with Crippen LogP contribution >= 0.6 is 11.6 Å². The molecule has 17 heavy (non-hydrogen) atoms. The smallest absolute Gasteiger partial charge is 0.231 e. The zero-order chi connectivity index (χ0) is 12.8. The molecular formula is C10H18ClN5O. The quantitative estimate of drug-likeness (QED) is 0.712. The molecule has 0 aliphatic rings. The molecule has 0 radical (unpaired) electrons. The van der Waals surface area contributed by atoms with Gasteiger partial charge in [0.1, 0.15) is 0 Å². The van der Waals surface area contributed by atoms with Crippen molar-refractivity contribution in [2.45, 2.75) is 6.92 Å². The van der Waals surface area contributed by atoms with E-state index in [2.05, 4.69) is 15.0 Å². The van der Waals surface area contributed by atoms with Gasteiger partial charge in [0.05, 0.1) is 6.61 Å². The van der Waals surface area contributed by atoms with E-state index in [1.165, 1.54) is 0 Å². The van der Waals surface area contributed by atoms with Crippen molar-refractivity contribution in [3.63, 3.8) is 0 Å². The van der Waals surface area contributed by atoms with Gasteiger partial charge in [0, 0.05) is 34.3 Å². The molecule has 0 fully saturated rings. The molecule has 0 aliphatic heterocycles. The molecule has 6 nitrogen and oxygen atoms in total. The number of aromatic nitrogens is 3. The SMILES string of the molecule is CCOCCN(C)c1nc(Cl)nc(N(C)C)n1. The predicted octanol–water partition coefficient (Wildman–Crippen LogP) is 1.06. The van der Waals surface area contributed by atoms with Crippen LogP contribution in [-0.2, 0) is 4.74 Å². The Morgan fingerprint density at radius 2 is 1.76 bits per heavy atom. The van der Waals surface area contributed by atoms with E-state index in [-0.39, 0.29) is 5.28 Å². The van der Waals surface area contributed by atoms with Crippen LogP contribution in [-0.4, -0.2) is 55.9 Å². The average Bonchev–Trinajstić information content (AvgIpc) is 2.28. The van der Waals surface area contributed by atoms with E-state index in [1.54, 1.807) is 4.90 Å². The fraction of sp³-hybridized carbons (Fsp3) is 0.700. The standard InChI is InChI=1S/C10H18ClN5O/c1-5-17-7-6-16(4)10-13-8(11)12-9(14-10)15(2)3/h5-7H2,1-4H3. The molecule has 0 saturated heterocycles. The van der Waals surface area contributed by atoms with E-state index in [0.717, 1.165) is 0 Å². The van der Waals surface area contributed by atoms with E-state index >= 15 is 0 Å². The van der Waals surface area contributed by atoms with E-state index < -0.39 is 0 Å². The second kappa shape index (κ2) is 6.56. The Balaban J connectivity index is 2.75. The van der Waals surface area contributed by atoms with Crippen LogP contribution in [0.4, 0.5) is 11.9 Å². The van der Waals surface area contributed by atoms with Crippen molar-refractivity contribution in [3.05, 3.63) is 5.28 Å². The summed E-state index contributed by atoms with van der Waals surface area (Å²) in [7, 11) is 5.61. The number of hydrogen-bond acceptors (Lipinski definition) is 6. The van der Waals surface area contributed by atoms with Gasteiger partial charge < -0.3 is 14.5 Å². The highest BCUT2D eigenvalue weighted by Gasteiger charge is 2.10. The minimum Gasteiger partial charge on any atom is -0.380 e. The first kappa shape index (κ1) is 13.9. The number of nitrogens with zero attached hydrogens (tertiary/aromatic N) is 5. The maximum atomic E-state index is 5.85. The number of hydrogen-bond donors (Lipinski definition) is 0. The Morgan fingerprint density at radius 1 is 1.12 bits per heavy atom. The molecule has 1 aromatic rings. The lowest BCUT2D eigenvalue weighted by Gasteiger charge is -2.18. The lowest BCUT2D eigenvalue weighted by molar-refractivity contribution is 0.154. The summed E-state index contributed by atoms with van der Waals surface area (Å²) in [5, 5.41) is 0.196. The van der Waals surface area contributed by atoms with Crippen molar-refractivity contribution in [2.75, 3.05) is 50.7 Å². The Labute approximate surface area is 107 Å². The number of ether oxygens (including phenoxy) is 1. The van der Waals surface area contributed by atoms with Gasteiger partial charge in [0.2, 0.25) is 17.2 Å². The van der Waals surface area contributed by atoms with Gasteiger partial charge in [-0.15, -0.1) is 0 Å². The molecule has 0 amide bonds. The van der Waals surface area contributed by atoms with E-state index in [9.17, 15) is 0 Å². The molecule has 0 spiro atoms. The molecular weight excluding hydrogens is 242 g/mol. The van der Waals surface area contributed by atoms with Crippen LogP contribution in [0.2, 0.25) is 5.28 Å².